The Labute approximate surface area is 111 Å². The van der Waals surface area contributed by atoms with Crippen LogP contribution in [0.5, 0.6) is 0 Å². The van der Waals surface area contributed by atoms with Gasteiger partial charge in [-0.2, -0.15) is 0 Å². The van der Waals surface area contributed by atoms with E-state index in [0.29, 0.717) is 18.9 Å². The lowest BCUT2D eigenvalue weighted by Crippen LogP contribution is -2.48. The summed E-state index contributed by atoms with van der Waals surface area (Å²) >= 11 is 0. The standard InChI is InChI=1S/C13H19N3O3/c1-8(2)3-4-12(17)16-6-10-9(14-7-15-10)5-11(16)13(18)19/h7-8,11H,3-6H2,1-2H3,(H,14,15)(H,18,19). The van der Waals surface area contributed by atoms with E-state index in [2.05, 4.69) is 9.97 Å². The molecule has 0 saturated heterocycles. The maximum Gasteiger partial charge on any atom is 0.326 e. The second-order valence-electron chi connectivity index (χ2n) is 5.34. The van der Waals surface area contributed by atoms with Gasteiger partial charge in [0.05, 0.1) is 24.3 Å². The molecule has 2 rings (SSSR count). The van der Waals surface area contributed by atoms with Gasteiger partial charge in [-0.1, -0.05) is 13.8 Å². The number of carboxylic acid groups (broad SMARTS) is 1. The Morgan fingerprint density at radius 3 is 2.95 bits per heavy atom. The number of carbonyl (C=O) groups excluding carboxylic acids is 1. The Bertz CT molecular complexity index is 481. The van der Waals surface area contributed by atoms with Crippen LogP contribution in [0.25, 0.3) is 0 Å². The Morgan fingerprint density at radius 2 is 2.32 bits per heavy atom. The maximum atomic E-state index is 12.2. The number of aromatic nitrogens is 2. The van der Waals surface area contributed by atoms with Crippen molar-refractivity contribution in [2.24, 2.45) is 5.92 Å². The van der Waals surface area contributed by atoms with E-state index in [1.54, 1.807) is 6.33 Å². The van der Waals surface area contributed by atoms with Crippen LogP contribution in [0.4, 0.5) is 0 Å². The molecule has 0 aliphatic carbocycles. The van der Waals surface area contributed by atoms with Crippen molar-refractivity contribution in [1.29, 1.82) is 0 Å². The zero-order chi connectivity index (χ0) is 14.0. The number of hydrogen-bond acceptors (Lipinski definition) is 3. The van der Waals surface area contributed by atoms with Crippen LogP contribution < -0.4 is 0 Å². The van der Waals surface area contributed by atoms with Crippen LogP contribution in [0, 0.1) is 5.92 Å². The Balaban J connectivity index is 2.13. The quantitative estimate of drug-likeness (QED) is 0.856. The average molecular weight is 265 g/mol. The molecule has 0 fully saturated rings. The molecule has 0 spiro atoms. The van der Waals surface area contributed by atoms with Gasteiger partial charge in [0.1, 0.15) is 6.04 Å². The first-order valence-electron chi connectivity index (χ1n) is 6.52. The van der Waals surface area contributed by atoms with E-state index < -0.39 is 12.0 Å². The normalized spacial score (nSPS) is 18.5. The van der Waals surface area contributed by atoms with Crippen molar-refractivity contribution in [2.75, 3.05) is 0 Å². The second-order valence-corrected chi connectivity index (χ2v) is 5.34. The Morgan fingerprint density at radius 1 is 1.58 bits per heavy atom. The number of aliphatic carboxylic acids is 1. The zero-order valence-electron chi connectivity index (χ0n) is 11.2. The maximum absolute atomic E-state index is 12.2. The van der Waals surface area contributed by atoms with E-state index in [0.717, 1.165) is 17.8 Å². The molecule has 2 N–H and O–H groups in total. The number of amides is 1. The summed E-state index contributed by atoms with van der Waals surface area (Å²) in [5.41, 5.74) is 1.59. The predicted octanol–water partition coefficient (Wildman–Crippen LogP) is 1.18. The summed E-state index contributed by atoms with van der Waals surface area (Å²) < 4.78 is 0. The van der Waals surface area contributed by atoms with Gasteiger partial charge in [0, 0.05) is 12.8 Å². The van der Waals surface area contributed by atoms with Gasteiger partial charge in [-0.05, 0) is 12.3 Å². The van der Waals surface area contributed by atoms with Crippen molar-refractivity contribution in [3.8, 4) is 0 Å². The lowest BCUT2D eigenvalue weighted by atomic mass is 10.0. The number of nitrogens with one attached hydrogen (secondary N) is 1. The van der Waals surface area contributed by atoms with Gasteiger partial charge < -0.3 is 15.0 Å². The first-order chi connectivity index (χ1) is 8.99. The molecule has 1 aromatic rings. The van der Waals surface area contributed by atoms with Gasteiger partial charge >= 0.3 is 5.97 Å². The molecule has 104 valence electrons. The van der Waals surface area contributed by atoms with Crippen molar-refractivity contribution in [3.05, 3.63) is 17.7 Å². The molecule has 19 heavy (non-hydrogen) atoms. The van der Waals surface area contributed by atoms with Crippen LogP contribution >= 0.6 is 0 Å². The van der Waals surface area contributed by atoms with Gasteiger partial charge in [-0.15, -0.1) is 0 Å². The number of rotatable bonds is 4. The Kier molecular flexibility index (Phi) is 3.87. The molecular weight excluding hydrogens is 246 g/mol. The van der Waals surface area contributed by atoms with Crippen LogP contribution in [0.3, 0.4) is 0 Å². The number of hydrogen-bond donors (Lipinski definition) is 2. The third kappa shape index (κ3) is 2.94. The first kappa shape index (κ1) is 13.6. The summed E-state index contributed by atoms with van der Waals surface area (Å²) in [7, 11) is 0. The number of carboxylic acids is 1. The smallest absolute Gasteiger partial charge is 0.326 e. The van der Waals surface area contributed by atoms with E-state index in [1.165, 1.54) is 4.90 Å². The van der Waals surface area contributed by atoms with Gasteiger partial charge in [0.25, 0.3) is 0 Å². The highest BCUT2D eigenvalue weighted by molar-refractivity contribution is 5.84. The lowest BCUT2D eigenvalue weighted by Gasteiger charge is -2.32. The van der Waals surface area contributed by atoms with Crippen molar-refractivity contribution in [1.82, 2.24) is 14.9 Å². The highest BCUT2D eigenvalue weighted by Crippen LogP contribution is 2.22. The minimum absolute atomic E-state index is 0.0960. The minimum atomic E-state index is -0.966. The molecule has 6 nitrogen and oxygen atoms in total. The summed E-state index contributed by atoms with van der Waals surface area (Å²) in [4.78, 5) is 32.0. The molecule has 1 atom stereocenters. The van der Waals surface area contributed by atoms with Crippen molar-refractivity contribution in [3.63, 3.8) is 0 Å². The molecular formula is C13H19N3O3. The van der Waals surface area contributed by atoms with E-state index in [4.69, 9.17) is 0 Å². The number of nitrogens with zero attached hydrogens (tertiary/aromatic N) is 2. The predicted molar refractivity (Wildman–Crippen MR) is 68.3 cm³/mol. The van der Waals surface area contributed by atoms with Crippen molar-refractivity contribution >= 4 is 11.9 Å². The third-order valence-electron chi connectivity index (χ3n) is 3.44. The van der Waals surface area contributed by atoms with Crippen LogP contribution in [-0.2, 0) is 22.6 Å². The molecule has 0 saturated carbocycles. The molecule has 1 unspecified atom stereocenters. The minimum Gasteiger partial charge on any atom is -0.480 e. The Hall–Kier alpha value is -1.85. The highest BCUT2D eigenvalue weighted by Gasteiger charge is 2.35. The van der Waals surface area contributed by atoms with E-state index >= 15 is 0 Å². The van der Waals surface area contributed by atoms with Crippen molar-refractivity contribution < 1.29 is 14.7 Å². The molecule has 0 aromatic carbocycles. The third-order valence-corrected chi connectivity index (χ3v) is 3.44. The van der Waals surface area contributed by atoms with Gasteiger partial charge in [-0.3, -0.25) is 4.79 Å². The summed E-state index contributed by atoms with van der Waals surface area (Å²) in [5.74, 6) is -0.632. The number of H-pyrrole nitrogens is 1. The molecule has 1 amide bonds. The van der Waals surface area contributed by atoms with Crippen LogP contribution in [0.2, 0.25) is 0 Å². The topological polar surface area (TPSA) is 86.3 Å². The average Bonchev–Trinajstić information content (AvgIpc) is 2.81. The lowest BCUT2D eigenvalue weighted by molar-refractivity contribution is -0.151. The monoisotopic (exact) mass is 265 g/mol. The molecule has 1 aliphatic rings. The van der Waals surface area contributed by atoms with Crippen LogP contribution in [0.1, 0.15) is 38.1 Å². The zero-order valence-corrected chi connectivity index (χ0v) is 11.2. The SMILES string of the molecule is CC(C)CCC(=O)N1Cc2[nH]cnc2CC1C(=O)O. The van der Waals surface area contributed by atoms with E-state index in [1.807, 2.05) is 13.8 Å². The largest absolute Gasteiger partial charge is 0.480 e. The molecule has 0 radical (unpaired) electrons. The fourth-order valence-corrected chi connectivity index (χ4v) is 2.27. The van der Waals surface area contributed by atoms with Crippen LogP contribution in [-0.4, -0.2) is 37.9 Å². The molecule has 1 aromatic heterocycles. The first-order valence-corrected chi connectivity index (χ1v) is 6.52. The molecule has 1 aliphatic heterocycles. The molecule has 6 heteroatoms. The summed E-state index contributed by atoms with van der Waals surface area (Å²) in [5, 5.41) is 9.27. The fraction of sp³-hybridized carbons (Fsp3) is 0.615. The van der Waals surface area contributed by atoms with Gasteiger partial charge in [0.15, 0.2) is 0 Å². The second kappa shape index (κ2) is 5.42. The molecule has 0 bridgehead atoms. The number of aromatic amines is 1. The summed E-state index contributed by atoms with van der Waals surface area (Å²) in [6, 6.07) is -0.796. The van der Waals surface area contributed by atoms with E-state index in [-0.39, 0.29) is 12.3 Å². The fourth-order valence-electron chi connectivity index (χ4n) is 2.27. The number of carbonyl (C=O) groups is 2. The highest BCUT2D eigenvalue weighted by atomic mass is 16.4. The van der Waals surface area contributed by atoms with Gasteiger partial charge in [0.2, 0.25) is 5.91 Å². The van der Waals surface area contributed by atoms with Crippen molar-refractivity contribution in [2.45, 2.75) is 45.7 Å². The van der Waals surface area contributed by atoms with E-state index in [9.17, 15) is 14.7 Å². The van der Waals surface area contributed by atoms with Crippen LogP contribution in [0.15, 0.2) is 6.33 Å². The number of fused-ring (bicyclic) bond motifs is 1. The number of imidazole rings is 1. The molecule has 2 heterocycles. The summed E-state index contributed by atoms with van der Waals surface area (Å²) in [6.07, 6.45) is 3.00. The summed E-state index contributed by atoms with van der Waals surface area (Å²) in [6.45, 7) is 4.40. The van der Waals surface area contributed by atoms with Gasteiger partial charge in [-0.25, -0.2) is 9.78 Å².